The molecule has 31 heavy (non-hydrogen) atoms. The monoisotopic (exact) mass is 434 g/mol. The molecule has 1 aliphatic rings. The predicted molar refractivity (Wildman–Crippen MR) is 113 cm³/mol. The second kappa shape index (κ2) is 10.2. The van der Waals surface area contributed by atoms with E-state index in [2.05, 4.69) is 0 Å². The summed E-state index contributed by atoms with van der Waals surface area (Å²) in [7, 11) is 3.17. The number of rotatable bonds is 10. The van der Waals surface area contributed by atoms with Crippen molar-refractivity contribution in [1.82, 2.24) is 0 Å². The Morgan fingerprint density at radius 2 is 1.03 bits per heavy atom. The summed E-state index contributed by atoms with van der Waals surface area (Å²) in [4.78, 5) is 0. The zero-order chi connectivity index (χ0) is 22.4. The van der Waals surface area contributed by atoms with Crippen molar-refractivity contribution >= 4 is 0 Å². The molecule has 1 saturated heterocycles. The Morgan fingerprint density at radius 1 is 0.710 bits per heavy atom. The van der Waals surface area contributed by atoms with Crippen LogP contribution in [0.3, 0.4) is 0 Å². The molecule has 2 aromatic carbocycles. The molecule has 0 saturated carbocycles. The van der Waals surface area contributed by atoms with Gasteiger partial charge in [0.25, 0.3) is 0 Å². The minimum Gasteiger partial charge on any atom is -0.497 e. The van der Waals surface area contributed by atoms with Gasteiger partial charge in [-0.3, -0.25) is 0 Å². The summed E-state index contributed by atoms with van der Waals surface area (Å²) < 4.78 is 33.3. The molecule has 0 aliphatic carbocycles. The van der Waals surface area contributed by atoms with Crippen molar-refractivity contribution in [2.75, 3.05) is 27.4 Å². The van der Waals surface area contributed by atoms with Gasteiger partial charge in [-0.1, -0.05) is 0 Å². The summed E-state index contributed by atoms with van der Waals surface area (Å²) in [5.41, 5.74) is 0. The van der Waals surface area contributed by atoms with Gasteiger partial charge in [-0.2, -0.15) is 0 Å². The van der Waals surface area contributed by atoms with Crippen molar-refractivity contribution in [3.8, 4) is 23.0 Å². The highest BCUT2D eigenvalue weighted by Crippen LogP contribution is 2.32. The third-order valence-corrected chi connectivity index (χ3v) is 4.88. The van der Waals surface area contributed by atoms with Crippen LogP contribution in [0.15, 0.2) is 48.5 Å². The summed E-state index contributed by atoms with van der Waals surface area (Å²) >= 11 is 0. The molecule has 8 nitrogen and oxygen atoms in total. The lowest BCUT2D eigenvalue weighted by atomic mass is 10.0. The number of aliphatic hydroxyl groups is 2. The van der Waals surface area contributed by atoms with E-state index in [9.17, 15) is 10.2 Å². The Hall–Kier alpha value is -2.52. The van der Waals surface area contributed by atoms with Crippen LogP contribution in [0.2, 0.25) is 0 Å². The second-order valence-corrected chi connectivity index (χ2v) is 7.67. The van der Waals surface area contributed by atoms with E-state index in [1.807, 2.05) is 0 Å². The third-order valence-electron chi connectivity index (χ3n) is 4.88. The summed E-state index contributed by atoms with van der Waals surface area (Å²) in [5.74, 6) is 1.62. The van der Waals surface area contributed by atoms with Crippen LogP contribution in [-0.4, -0.2) is 67.8 Å². The quantitative estimate of drug-likeness (QED) is 0.589. The average molecular weight is 434 g/mol. The van der Waals surface area contributed by atoms with Crippen LogP contribution in [0.5, 0.6) is 23.0 Å². The van der Waals surface area contributed by atoms with Crippen molar-refractivity contribution in [3.63, 3.8) is 0 Å². The fraction of sp³-hybridized carbons (Fsp3) is 0.478. The van der Waals surface area contributed by atoms with Gasteiger partial charge in [-0.25, -0.2) is 0 Å². The van der Waals surface area contributed by atoms with Crippen LogP contribution in [0.1, 0.15) is 13.8 Å². The topological polar surface area (TPSA) is 95.8 Å². The van der Waals surface area contributed by atoms with Gasteiger partial charge in [0.2, 0.25) is 0 Å². The predicted octanol–water partition coefficient (Wildman–Crippen LogP) is 2.40. The first-order chi connectivity index (χ1) is 14.8. The Morgan fingerprint density at radius 3 is 1.35 bits per heavy atom. The van der Waals surface area contributed by atoms with E-state index < -0.39 is 30.2 Å². The molecule has 2 N–H and O–H groups in total. The smallest absolute Gasteiger partial charge is 0.164 e. The summed E-state index contributed by atoms with van der Waals surface area (Å²) in [6.07, 6.45) is -3.63. The lowest BCUT2D eigenvalue weighted by Crippen LogP contribution is -2.46. The number of benzene rings is 2. The lowest BCUT2D eigenvalue weighted by Gasteiger charge is -2.25. The van der Waals surface area contributed by atoms with E-state index >= 15 is 0 Å². The van der Waals surface area contributed by atoms with Crippen LogP contribution < -0.4 is 18.9 Å². The molecule has 0 bridgehead atoms. The van der Waals surface area contributed by atoms with Crippen molar-refractivity contribution in [2.45, 2.75) is 44.1 Å². The molecular formula is C23H30O8. The van der Waals surface area contributed by atoms with Crippen molar-refractivity contribution < 1.29 is 38.6 Å². The molecule has 4 atom stereocenters. The molecule has 0 spiro atoms. The molecule has 1 fully saturated rings. The minimum atomic E-state index is -1.02. The third kappa shape index (κ3) is 6.24. The SMILES string of the molecule is COc1ccc(OC[C@@H](O)[C@H]2OC(C)(C)O[C@@H]2[C@H](O)COc2ccc(OC)cc2)cc1. The van der Waals surface area contributed by atoms with Gasteiger partial charge in [-0.05, 0) is 62.4 Å². The minimum absolute atomic E-state index is 0.0288. The molecule has 2 aromatic rings. The van der Waals surface area contributed by atoms with Crippen LogP contribution in [0.25, 0.3) is 0 Å². The van der Waals surface area contributed by atoms with Crippen LogP contribution >= 0.6 is 0 Å². The fourth-order valence-electron chi connectivity index (χ4n) is 3.31. The number of ether oxygens (including phenoxy) is 6. The summed E-state index contributed by atoms with van der Waals surface area (Å²) in [5, 5.41) is 21.4. The zero-order valence-corrected chi connectivity index (χ0v) is 18.2. The van der Waals surface area contributed by atoms with E-state index in [4.69, 9.17) is 28.4 Å². The van der Waals surface area contributed by atoms with Gasteiger partial charge in [0, 0.05) is 0 Å². The number of aliphatic hydroxyl groups excluding tert-OH is 2. The van der Waals surface area contributed by atoms with E-state index in [0.29, 0.717) is 23.0 Å². The number of methoxy groups -OCH3 is 2. The standard InChI is InChI=1S/C23H30O8/c1-23(2)30-21(19(24)13-28-17-9-5-15(26-3)6-10-17)22(31-23)20(25)14-29-18-11-7-16(27-4)8-12-18/h5-12,19-22,24-25H,13-14H2,1-4H3/t19-,20-,21-,22-/m1/s1. The first-order valence-corrected chi connectivity index (χ1v) is 10.1. The molecule has 0 amide bonds. The molecule has 0 radical (unpaired) electrons. The van der Waals surface area contributed by atoms with Crippen LogP contribution in [-0.2, 0) is 9.47 Å². The Balaban J connectivity index is 1.57. The van der Waals surface area contributed by atoms with Crippen molar-refractivity contribution in [1.29, 1.82) is 0 Å². The van der Waals surface area contributed by atoms with Crippen molar-refractivity contribution in [2.24, 2.45) is 0 Å². The maximum Gasteiger partial charge on any atom is 0.164 e. The Kier molecular flexibility index (Phi) is 7.61. The Bertz CT molecular complexity index is 738. The molecule has 3 rings (SSSR count). The van der Waals surface area contributed by atoms with Gasteiger partial charge in [0.1, 0.15) is 60.6 Å². The van der Waals surface area contributed by atoms with E-state index in [0.717, 1.165) is 0 Å². The normalized spacial score (nSPS) is 21.9. The van der Waals surface area contributed by atoms with Gasteiger partial charge in [0.15, 0.2) is 5.79 Å². The highest BCUT2D eigenvalue weighted by atomic mass is 16.8. The second-order valence-electron chi connectivity index (χ2n) is 7.67. The molecular weight excluding hydrogens is 404 g/mol. The molecule has 0 unspecified atom stereocenters. The zero-order valence-electron chi connectivity index (χ0n) is 18.2. The molecule has 0 aromatic heterocycles. The molecule has 1 aliphatic heterocycles. The maximum atomic E-state index is 10.7. The Labute approximate surface area is 182 Å². The number of hydrogen-bond acceptors (Lipinski definition) is 8. The van der Waals surface area contributed by atoms with E-state index in [-0.39, 0.29) is 13.2 Å². The lowest BCUT2D eigenvalue weighted by molar-refractivity contribution is -0.162. The first kappa shape index (κ1) is 23.1. The van der Waals surface area contributed by atoms with Gasteiger partial charge in [-0.15, -0.1) is 0 Å². The average Bonchev–Trinajstić information content (AvgIpc) is 3.12. The van der Waals surface area contributed by atoms with Gasteiger partial charge >= 0.3 is 0 Å². The van der Waals surface area contributed by atoms with Crippen LogP contribution in [0.4, 0.5) is 0 Å². The van der Waals surface area contributed by atoms with Crippen LogP contribution in [0, 0.1) is 0 Å². The van der Waals surface area contributed by atoms with Crippen molar-refractivity contribution in [3.05, 3.63) is 48.5 Å². The highest BCUT2D eigenvalue weighted by molar-refractivity contribution is 5.31. The molecule has 1 heterocycles. The molecule has 170 valence electrons. The van der Waals surface area contributed by atoms with Gasteiger partial charge < -0.3 is 38.6 Å². The summed E-state index contributed by atoms with van der Waals surface area (Å²) in [6, 6.07) is 14.1. The maximum absolute atomic E-state index is 10.7. The molecule has 8 heteroatoms. The first-order valence-electron chi connectivity index (χ1n) is 10.1. The fourth-order valence-corrected chi connectivity index (χ4v) is 3.31. The largest absolute Gasteiger partial charge is 0.497 e. The van der Waals surface area contributed by atoms with E-state index in [1.165, 1.54) is 0 Å². The highest BCUT2D eigenvalue weighted by Gasteiger charge is 2.48. The van der Waals surface area contributed by atoms with Gasteiger partial charge in [0.05, 0.1) is 14.2 Å². The van der Waals surface area contributed by atoms with E-state index in [1.54, 1.807) is 76.6 Å². The summed E-state index contributed by atoms with van der Waals surface area (Å²) in [6.45, 7) is 3.40. The number of hydrogen-bond donors (Lipinski definition) is 2.